The molecule has 2 aliphatic carbocycles. The van der Waals surface area contributed by atoms with Crippen LogP contribution < -0.4 is 10.3 Å². The first-order chi connectivity index (χ1) is 11.1. The lowest BCUT2D eigenvalue weighted by Gasteiger charge is -2.11. The number of sulfonamides is 2. The third-order valence-electron chi connectivity index (χ3n) is 4.45. The van der Waals surface area contributed by atoms with Gasteiger partial charge in [0.1, 0.15) is 0 Å². The zero-order valence-corrected chi connectivity index (χ0v) is 15.8. The van der Waals surface area contributed by atoms with E-state index < -0.39 is 20.0 Å². The highest BCUT2D eigenvalue weighted by Crippen LogP contribution is 2.38. The van der Waals surface area contributed by atoms with E-state index in [9.17, 15) is 16.8 Å². The molecule has 0 heterocycles. The van der Waals surface area contributed by atoms with Gasteiger partial charge in [-0.05, 0) is 63.2 Å². The normalized spacial score (nSPS) is 20.4. The van der Waals surface area contributed by atoms with E-state index in [-0.39, 0.29) is 10.5 Å². The number of hydrogen-bond donors (Lipinski definition) is 2. The van der Waals surface area contributed by atoms with Crippen LogP contribution in [0.2, 0.25) is 0 Å². The summed E-state index contributed by atoms with van der Waals surface area (Å²) in [5, 5.41) is 9.55. The van der Waals surface area contributed by atoms with E-state index in [2.05, 4.69) is 13.2 Å². The first kappa shape index (κ1) is 21.3. The average molecular weight is 379 g/mol. The van der Waals surface area contributed by atoms with Gasteiger partial charge in [-0.25, -0.2) is 27.1 Å². The van der Waals surface area contributed by atoms with Crippen molar-refractivity contribution in [1.82, 2.24) is 0 Å². The minimum atomic E-state index is -3.32. The van der Waals surface area contributed by atoms with Gasteiger partial charge in [0.05, 0.1) is 10.5 Å². The van der Waals surface area contributed by atoms with E-state index in [1.807, 2.05) is 0 Å². The lowest BCUT2D eigenvalue weighted by molar-refractivity contribution is 0.556. The summed E-state index contributed by atoms with van der Waals surface area (Å²) in [4.78, 5) is 0. The van der Waals surface area contributed by atoms with Crippen molar-refractivity contribution >= 4 is 20.0 Å². The number of nitrogens with two attached hydrogens (primary N) is 2. The average Bonchev–Trinajstić information content (AvgIpc) is 3.32. The maximum Gasteiger partial charge on any atom is 0.212 e. The summed E-state index contributed by atoms with van der Waals surface area (Å²) in [6, 6.07) is 0. The maximum absolute atomic E-state index is 11.1. The molecule has 0 bridgehead atoms. The van der Waals surface area contributed by atoms with Crippen LogP contribution in [0.25, 0.3) is 0 Å². The smallest absolute Gasteiger partial charge is 0.212 e. The number of hydrogen-bond acceptors (Lipinski definition) is 4. The van der Waals surface area contributed by atoms with Crippen LogP contribution in [0.1, 0.15) is 51.4 Å². The molecule has 0 aromatic carbocycles. The zero-order chi connectivity index (χ0) is 18.4. The quantitative estimate of drug-likeness (QED) is 0.565. The highest BCUT2D eigenvalue weighted by Gasteiger charge is 2.38. The predicted octanol–water partition coefficient (Wildman–Crippen LogP) is 2.04. The summed E-state index contributed by atoms with van der Waals surface area (Å²) in [6.45, 7) is 7.12. The van der Waals surface area contributed by atoms with Gasteiger partial charge in [-0.15, -0.1) is 13.2 Å². The van der Waals surface area contributed by atoms with Crippen molar-refractivity contribution in [3.63, 3.8) is 0 Å². The molecule has 0 spiro atoms. The van der Waals surface area contributed by atoms with E-state index in [0.717, 1.165) is 38.5 Å². The predicted molar refractivity (Wildman–Crippen MR) is 98.1 cm³/mol. The Kier molecular flexibility index (Phi) is 8.11. The fraction of sp³-hybridized carbons (Fsp3) is 0.750. The standard InChI is InChI=1S/2C8H15NO2S/c2*1-2-3-4-8(7-5-6-7)12(9,10)11/h2*2,7-8H,1,3-6H2,(H2,9,10,11)/t2*8-/m10/s1. The Labute approximate surface area is 146 Å². The molecular weight excluding hydrogens is 348 g/mol. The van der Waals surface area contributed by atoms with Crippen LogP contribution in [0.3, 0.4) is 0 Å². The van der Waals surface area contributed by atoms with Crippen LogP contribution in [-0.4, -0.2) is 27.3 Å². The Morgan fingerprint density at radius 1 is 0.792 bits per heavy atom. The molecule has 2 atom stereocenters. The van der Waals surface area contributed by atoms with Gasteiger partial charge in [-0.3, -0.25) is 0 Å². The van der Waals surface area contributed by atoms with E-state index in [0.29, 0.717) is 24.7 Å². The molecule has 2 fully saturated rings. The van der Waals surface area contributed by atoms with Crippen LogP contribution in [-0.2, 0) is 20.0 Å². The van der Waals surface area contributed by atoms with Crippen molar-refractivity contribution in [3.8, 4) is 0 Å². The number of rotatable bonds is 10. The molecule has 0 unspecified atom stereocenters. The Balaban J connectivity index is 0.000000240. The zero-order valence-electron chi connectivity index (χ0n) is 14.1. The molecular formula is C16H30N2O4S2. The molecule has 8 heteroatoms. The van der Waals surface area contributed by atoms with Gasteiger partial charge in [-0.1, -0.05) is 12.2 Å². The Hall–Kier alpha value is -0.700. The second-order valence-corrected chi connectivity index (χ2v) is 10.2. The first-order valence-electron chi connectivity index (χ1n) is 8.36. The Morgan fingerprint density at radius 3 is 1.25 bits per heavy atom. The summed E-state index contributed by atoms with van der Waals surface area (Å²) in [5.41, 5.74) is 0. The van der Waals surface area contributed by atoms with E-state index in [1.165, 1.54) is 0 Å². The molecule has 0 saturated heterocycles. The molecule has 140 valence electrons. The van der Waals surface area contributed by atoms with Gasteiger partial charge in [-0.2, -0.15) is 0 Å². The number of primary sulfonamides is 2. The third kappa shape index (κ3) is 7.92. The van der Waals surface area contributed by atoms with Crippen LogP contribution in [0.4, 0.5) is 0 Å². The van der Waals surface area contributed by atoms with Gasteiger partial charge >= 0.3 is 0 Å². The van der Waals surface area contributed by atoms with Gasteiger partial charge < -0.3 is 0 Å². The van der Waals surface area contributed by atoms with Crippen LogP contribution >= 0.6 is 0 Å². The van der Waals surface area contributed by atoms with E-state index in [4.69, 9.17) is 10.3 Å². The topological polar surface area (TPSA) is 120 Å². The Bertz CT molecular complexity index is 564. The van der Waals surface area contributed by atoms with Crippen LogP contribution in [0.5, 0.6) is 0 Å². The van der Waals surface area contributed by atoms with Crippen molar-refractivity contribution in [1.29, 1.82) is 0 Å². The molecule has 2 aliphatic rings. The minimum Gasteiger partial charge on any atom is -0.228 e. The summed E-state index contributed by atoms with van der Waals surface area (Å²) in [6.07, 6.45) is 10.3. The molecule has 0 aromatic rings. The van der Waals surface area contributed by atoms with Gasteiger partial charge in [0, 0.05) is 0 Å². The highest BCUT2D eigenvalue weighted by atomic mass is 32.2. The number of allylic oxidation sites excluding steroid dienone is 2. The molecule has 6 nitrogen and oxygen atoms in total. The molecule has 4 N–H and O–H groups in total. The van der Waals surface area contributed by atoms with Crippen molar-refractivity contribution in [3.05, 3.63) is 25.3 Å². The van der Waals surface area contributed by atoms with Gasteiger partial charge in [0.15, 0.2) is 0 Å². The monoisotopic (exact) mass is 378 g/mol. The second-order valence-electron chi connectivity index (χ2n) is 6.66. The summed E-state index contributed by atoms with van der Waals surface area (Å²) in [7, 11) is -6.64. The fourth-order valence-electron chi connectivity index (χ4n) is 2.84. The van der Waals surface area contributed by atoms with Gasteiger partial charge in [0.2, 0.25) is 20.0 Å². The SMILES string of the molecule is C=CCC[C@@H](C1CC1)S(N)(=O)=O.C=CCC[C@H](C1CC1)S(N)(=O)=O. The maximum atomic E-state index is 11.1. The Morgan fingerprint density at radius 2 is 1.08 bits per heavy atom. The van der Waals surface area contributed by atoms with Crippen molar-refractivity contribution in [2.75, 3.05) is 0 Å². The van der Waals surface area contributed by atoms with Crippen molar-refractivity contribution < 1.29 is 16.8 Å². The lowest BCUT2D eigenvalue weighted by Crippen LogP contribution is -2.30. The van der Waals surface area contributed by atoms with Crippen molar-refractivity contribution in [2.45, 2.75) is 61.9 Å². The largest absolute Gasteiger partial charge is 0.228 e. The van der Waals surface area contributed by atoms with E-state index >= 15 is 0 Å². The van der Waals surface area contributed by atoms with Crippen molar-refractivity contribution in [2.24, 2.45) is 22.1 Å². The lowest BCUT2D eigenvalue weighted by atomic mass is 10.2. The summed E-state index contributed by atoms with van der Waals surface area (Å²) in [5.74, 6) is 0.639. The second kappa shape index (κ2) is 9.12. The third-order valence-corrected chi connectivity index (χ3v) is 7.38. The molecule has 0 radical (unpaired) electrons. The summed E-state index contributed by atoms with van der Waals surface area (Å²) < 4.78 is 44.2. The highest BCUT2D eigenvalue weighted by molar-refractivity contribution is 7.90. The molecule has 0 amide bonds. The molecule has 2 rings (SSSR count). The minimum absolute atomic E-state index is 0.319. The van der Waals surface area contributed by atoms with Crippen LogP contribution in [0, 0.1) is 11.8 Å². The first-order valence-corrected chi connectivity index (χ1v) is 11.6. The molecule has 0 aliphatic heterocycles. The fourth-order valence-corrected chi connectivity index (χ4v) is 5.38. The van der Waals surface area contributed by atoms with Gasteiger partial charge in [0.25, 0.3) is 0 Å². The van der Waals surface area contributed by atoms with E-state index in [1.54, 1.807) is 12.2 Å². The van der Waals surface area contributed by atoms with Crippen LogP contribution in [0.15, 0.2) is 25.3 Å². The summed E-state index contributed by atoms with van der Waals surface area (Å²) >= 11 is 0. The molecule has 2 saturated carbocycles. The molecule has 24 heavy (non-hydrogen) atoms. The molecule has 0 aromatic heterocycles.